The molecule has 1 aliphatic carbocycles. The van der Waals surface area contributed by atoms with Crippen molar-refractivity contribution in [3.05, 3.63) is 59.7 Å². The van der Waals surface area contributed by atoms with Crippen LogP contribution in [-0.2, 0) is 4.84 Å². The molecule has 0 radical (unpaired) electrons. The molecule has 5 heteroatoms. The molecule has 1 atom stereocenters. The number of halogens is 1. The van der Waals surface area contributed by atoms with Gasteiger partial charge in [-0.3, -0.25) is 0 Å². The lowest BCUT2D eigenvalue weighted by molar-refractivity contribution is 0.0396. The summed E-state index contributed by atoms with van der Waals surface area (Å²) in [4.78, 5) is 5.42. The number of hydrogen-bond donors (Lipinski definition) is 2. The maximum absolute atomic E-state index is 9.91. The van der Waals surface area contributed by atoms with E-state index in [-0.39, 0.29) is 19.0 Å². The first-order chi connectivity index (χ1) is 11.2. The van der Waals surface area contributed by atoms with Gasteiger partial charge in [0, 0.05) is 23.7 Å². The molecule has 4 nitrogen and oxygen atoms in total. The molecule has 0 heterocycles. The monoisotopic (exact) mass is 346 g/mol. The smallest absolute Gasteiger partial charge is 0.144 e. The van der Waals surface area contributed by atoms with Gasteiger partial charge in [0.1, 0.15) is 18.4 Å². The highest BCUT2D eigenvalue weighted by Gasteiger charge is 2.24. The number of hydrogen-bond acceptors (Lipinski definition) is 4. The van der Waals surface area contributed by atoms with Crippen LogP contribution in [-0.4, -0.2) is 36.1 Å². The molecule has 0 amide bonds. The number of rotatable bonds is 6. The summed E-state index contributed by atoms with van der Waals surface area (Å²) in [6.07, 6.45) is -0.575. The van der Waals surface area contributed by atoms with E-state index in [2.05, 4.69) is 22.6 Å². The number of oxime groups is 1. The number of nitrogens with one attached hydrogen (secondary N) is 1. The molecule has 1 aliphatic rings. The Morgan fingerprint density at radius 2 is 1.46 bits per heavy atom. The second-order valence-corrected chi connectivity index (χ2v) is 6.04. The van der Waals surface area contributed by atoms with E-state index in [0.29, 0.717) is 12.6 Å². The Morgan fingerprint density at radius 1 is 0.958 bits per heavy atom. The summed E-state index contributed by atoms with van der Waals surface area (Å²) in [7, 11) is 0. The third kappa shape index (κ3) is 3.96. The number of aliphatic hydroxyl groups excluding tert-OH is 1. The molecule has 0 bridgehead atoms. The lowest BCUT2D eigenvalue weighted by Crippen LogP contribution is -2.34. The van der Waals surface area contributed by atoms with Gasteiger partial charge in [0.2, 0.25) is 0 Å². The van der Waals surface area contributed by atoms with E-state index in [1.165, 1.54) is 11.1 Å². The predicted octanol–water partition coefficient (Wildman–Crippen LogP) is 3.22. The topological polar surface area (TPSA) is 53.8 Å². The fourth-order valence-electron chi connectivity index (χ4n) is 2.71. The zero-order valence-corrected chi connectivity index (χ0v) is 14.7. The van der Waals surface area contributed by atoms with Crippen molar-refractivity contribution in [3.63, 3.8) is 0 Å². The number of fused-ring (bicyclic) bond motifs is 3. The quantitative estimate of drug-likeness (QED) is 0.674. The van der Waals surface area contributed by atoms with E-state index in [4.69, 9.17) is 4.84 Å². The van der Waals surface area contributed by atoms with Crippen LogP contribution in [0.4, 0.5) is 0 Å². The predicted molar refractivity (Wildman–Crippen MR) is 99.9 cm³/mol. The molecule has 1 unspecified atom stereocenters. The van der Waals surface area contributed by atoms with Crippen LogP contribution in [0, 0.1) is 0 Å². The molecular formula is C19H23ClN2O2. The number of aliphatic hydroxyl groups is 1. The van der Waals surface area contributed by atoms with Crippen LogP contribution in [0.1, 0.15) is 25.0 Å². The standard InChI is InChI=1S/C19H22N2O2.ClH/c1-13(2)20-11-14(22)12-23-21-19-17-9-5-3-7-15(17)16-8-4-6-10-18(16)19;/h3-10,13-14,20,22H,11-12H2,1-2H3;1H. The fraction of sp³-hybridized carbons (Fsp3) is 0.316. The van der Waals surface area contributed by atoms with E-state index < -0.39 is 6.10 Å². The third-order valence-corrected chi connectivity index (χ3v) is 3.84. The summed E-state index contributed by atoms with van der Waals surface area (Å²) < 4.78 is 0. The average molecular weight is 347 g/mol. The third-order valence-electron chi connectivity index (χ3n) is 3.84. The van der Waals surface area contributed by atoms with E-state index in [1.807, 2.05) is 50.2 Å². The average Bonchev–Trinajstić information content (AvgIpc) is 2.88. The van der Waals surface area contributed by atoms with Crippen LogP contribution >= 0.6 is 12.4 Å². The van der Waals surface area contributed by atoms with Gasteiger partial charge in [-0.05, 0) is 11.1 Å². The molecule has 2 aromatic rings. The molecule has 0 aromatic heterocycles. The van der Waals surface area contributed by atoms with Gasteiger partial charge in [0.15, 0.2) is 0 Å². The van der Waals surface area contributed by atoms with Gasteiger partial charge in [-0.1, -0.05) is 67.5 Å². The highest BCUT2D eigenvalue weighted by Crippen LogP contribution is 2.36. The lowest BCUT2D eigenvalue weighted by Gasteiger charge is -2.13. The van der Waals surface area contributed by atoms with Crippen molar-refractivity contribution in [2.45, 2.75) is 26.0 Å². The van der Waals surface area contributed by atoms with E-state index >= 15 is 0 Å². The van der Waals surface area contributed by atoms with Gasteiger partial charge in [-0.2, -0.15) is 0 Å². The Labute approximate surface area is 148 Å². The van der Waals surface area contributed by atoms with E-state index in [1.54, 1.807) is 0 Å². The Balaban J connectivity index is 0.00000208. The van der Waals surface area contributed by atoms with Crippen molar-refractivity contribution < 1.29 is 9.94 Å². The molecule has 2 aromatic carbocycles. The highest BCUT2D eigenvalue weighted by molar-refractivity contribution is 6.24. The minimum Gasteiger partial charge on any atom is -0.392 e. The van der Waals surface area contributed by atoms with Crippen molar-refractivity contribution in [3.8, 4) is 11.1 Å². The molecular weight excluding hydrogens is 324 g/mol. The van der Waals surface area contributed by atoms with Crippen LogP contribution in [0.5, 0.6) is 0 Å². The van der Waals surface area contributed by atoms with Crippen LogP contribution in [0.15, 0.2) is 53.7 Å². The first kappa shape index (κ1) is 18.5. The van der Waals surface area contributed by atoms with Crippen molar-refractivity contribution in [1.29, 1.82) is 0 Å². The zero-order valence-electron chi connectivity index (χ0n) is 13.9. The normalized spacial score (nSPS) is 13.1. The first-order valence-electron chi connectivity index (χ1n) is 7.97. The summed E-state index contributed by atoms with van der Waals surface area (Å²) in [5.41, 5.74) is 5.33. The van der Waals surface area contributed by atoms with Gasteiger partial charge < -0.3 is 15.3 Å². The first-order valence-corrected chi connectivity index (χ1v) is 7.97. The van der Waals surface area contributed by atoms with Gasteiger partial charge in [-0.25, -0.2) is 0 Å². The summed E-state index contributed by atoms with van der Waals surface area (Å²) in [5.74, 6) is 0. The largest absolute Gasteiger partial charge is 0.392 e. The maximum Gasteiger partial charge on any atom is 0.144 e. The Kier molecular flexibility index (Phi) is 6.37. The van der Waals surface area contributed by atoms with Gasteiger partial charge >= 0.3 is 0 Å². The summed E-state index contributed by atoms with van der Waals surface area (Å²) in [5, 5.41) is 17.4. The Bertz CT molecular complexity index is 669. The SMILES string of the molecule is CC(C)NCC(O)CON=C1c2ccccc2-c2ccccc21.Cl. The molecule has 0 aliphatic heterocycles. The summed E-state index contributed by atoms with van der Waals surface area (Å²) in [6.45, 7) is 4.75. The van der Waals surface area contributed by atoms with Crippen LogP contribution < -0.4 is 5.32 Å². The van der Waals surface area contributed by atoms with Crippen LogP contribution in [0.25, 0.3) is 11.1 Å². The minimum atomic E-state index is -0.575. The number of nitrogens with zero attached hydrogens (tertiary/aromatic N) is 1. The highest BCUT2D eigenvalue weighted by atomic mass is 35.5. The molecule has 128 valence electrons. The van der Waals surface area contributed by atoms with Crippen molar-refractivity contribution >= 4 is 18.1 Å². The lowest BCUT2D eigenvalue weighted by atomic mass is 10.1. The van der Waals surface area contributed by atoms with Crippen molar-refractivity contribution in [2.24, 2.45) is 5.16 Å². The van der Waals surface area contributed by atoms with E-state index in [0.717, 1.165) is 16.8 Å². The summed E-state index contributed by atoms with van der Waals surface area (Å²) in [6, 6.07) is 16.7. The zero-order chi connectivity index (χ0) is 16.2. The minimum absolute atomic E-state index is 0. The summed E-state index contributed by atoms with van der Waals surface area (Å²) >= 11 is 0. The van der Waals surface area contributed by atoms with Gasteiger partial charge in [0.05, 0.1) is 0 Å². The Hall–Kier alpha value is -1.88. The van der Waals surface area contributed by atoms with Crippen LogP contribution in [0.3, 0.4) is 0 Å². The molecule has 3 rings (SSSR count). The van der Waals surface area contributed by atoms with Gasteiger partial charge in [0.25, 0.3) is 0 Å². The second-order valence-electron chi connectivity index (χ2n) is 6.04. The van der Waals surface area contributed by atoms with Crippen molar-refractivity contribution in [2.75, 3.05) is 13.2 Å². The molecule has 0 saturated heterocycles. The molecule has 24 heavy (non-hydrogen) atoms. The number of benzene rings is 2. The maximum atomic E-state index is 9.91. The fourth-order valence-corrected chi connectivity index (χ4v) is 2.71. The second kappa shape index (κ2) is 8.29. The molecule has 0 saturated carbocycles. The molecule has 0 fully saturated rings. The van der Waals surface area contributed by atoms with E-state index in [9.17, 15) is 5.11 Å². The van der Waals surface area contributed by atoms with Gasteiger partial charge in [-0.15, -0.1) is 12.4 Å². The molecule has 2 N–H and O–H groups in total. The Morgan fingerprint density at radius 3 is 1.96 bits per heavy atom. The van der Waals surface area contributed by atoms with Crippen LogP contribution in [0.2, 0.25) is 0 Å². The van der Waals surface area contributed by atoms with Crippen molar-refractivity contribution in [1.82, 2.24) is 5.32 Å². The molecule has 0 spiro atoms.